The molecule has 0 unspecified atom stereocenters. The van der Waals surface area contributed by atoms with Crippen molar-refractivity contribution in [2.45, 2.75) is 71.6 Å². The monoisotopic (exact) mass is 383 g/mol. The fraction of sp³-hybridized carbons (Fsp3) is 0.722. The van der Waals surface area contributed by atoms with Crippen LogP contribution in [0.1, 0.15) is 66.1 Å². The van der Waals surface area contributed by atoms with E-state index in [9.17, 15) is 9.59 Å². The van der Waals surface area contributed by atoms with Crippen molar-refractivity contribution in [1.82, 2.24) is 9.88 Å². The van der Waals surface area contributed by atoms with Gasteiger partial charge in [-0.25, -0.2) is 14.6 Å². The number of ether oxygens (including phenoxy) is 2. The quantitative estimate of drug-likeness (QED) is 0.747. The molecule has 0 N–H and O–H groups in total. The summed E-state index contributed by atoms with van der Waals surface area (Å²) < 4.78 is 10.9. The fourth-order valence-electron chi connectivity index (χ4n) is 2.61. The van der Waals surface area contributed by atoms with Gasteiger partial charge in [-0.15, -0.1) is 11.3 Å². The maximum atomic E-state index is 12.4. The highest BCUT2D eigenvalue weighted by molar-refractivity contribution is 7.14. The molecule has 2 heterocycles. The standard InChI is InChI=1S/C18H29N3O4S/c1-17(2,3)24-15(22)20(7)14-19-12(11-26-14)13-9-8-10-21(13)16(23)25-18(4,5)6/h11,13H,8-10H2,1-7H3/t13-/m1/s1. The van der Waals surface area contributed by atoms with Crippen molar-refractivity contribution in [1.29, 1.82) is 0 Å². The van der Waals surface area contributed by atoms with E-state index in [1.54, 1.807) is 11.9 Å². The van der Waals surface area contributed by atoms with Crippen molar-refractivity contribution in [2.75, 3.05) is 18.5 Å². The van der Waals surface area contributed by atoms with E-state index in [1.165, 1.54) is 16.2 Å². The lowest BCUT2D eigenvalue weighted by atomic mass is 10.2. The van der Waals surface area contributed by atoms with Crippen molar-refractivity contribution in [2.24, 2.45) is 0 Å². The Hall–Kier alpha value is -1.83. The number of rotatable bonds is 2. The van der Waals surface area contributed by atoms with Crippen LogP contribution in [0.15, 0.2) is 5.38 Å². The van der Waals surface area contributed by atoms with Crippen LogP contribution in [0.25, 0.3) is 0 Å². The van der Waals surface area contributed by atoms with Gasteiger partial charge in [-0.2, -0.15) is 0 Å². The summed E-state index contributed by atoms with van der Waals surface area (Å²) in [7, 11) is 1.64. The predicted octanol–water partition coefficient (Wildman–Crippen LogP) is 4.59. The lowest BCUT2D eigenvalue weighted by Gasteiger charge is -2.28. The summed E-state index contributed by atoms with van der Waals surface area (Å²) >= 11 is 1.36. The van der Waals surface area contributed by atoms with Gasteiger partial charge in [0, 0.05) is 19.0 Å². The second-order valence-corrected chi connectivity index (χ2v) is 9.26. The second kappa shape index (κ2) is 7.42. The largest absolute Gasteiger partial charge is 0.444 e. The number of nitrogens with zero attached hydrogens (tertiary/aromatic N) is 3. The normalized spacial score (nSPS) is 18.0. The maximum Gasteiger partial charge on any atom is 0.416 e. The number of amides is 2. The number of carbonyl (C=O) groups excluding carboxylic acids is 2. The molecule has 1 aliphatic heterocycles. The highest BCUT2D eigenvalue weighted by Crippen LogP contribution is 2.35. The average Bonchev–Trinajstić information content (AvgIpc) is 3.11. The van der Waals surface area contributed by atoms with Crippen LogP contribution in [-0.4, -0.2) is 46.9 Å². The van der Waals surface area contributed by atoms with E-state index in [0.717, 1.165) is 18.5 Å². The molecule has 1 atom stereocenters. The van der Waals surface area contributed by atoms with Gasteiger partial charge in [-0.3, -0.25) is 9.80 Å². The van der Waals surface area contributed by atoms with Crippen LogP contribution >= 0.6 is 11.3 Å². The first-order chi connectivity index (χ1) is 11.9. The van der Waals surface area contributed by atoms with E-state index < -0.39 is 17.3 Å². The fourth-order valence-corrected chi connectivity index (χ4v) is 3.43. The molecule has 1 fully saturated rings. The van der Waals surface area contributed by atoms with Crippen LogP contribution in [0.4, 0.5) is 14.7 Å². The van der Waals surface area contributed by atoms with E-state index in [4.69, 9.17) is 9.47 Å². The van der Waals surface area contributed by atoms with Crippen molar-refractivity contribution in [3.05, 3.63) is 11.1 Å². The van der Waals surface area contributed by atoms with Crippen molar-refractivity contribution < 1.29 is 19.1 Å². The summed E-state index contributed by atoms with van der Waals surface area (Å²) in [5.74, 6) is 0. The number of carbonyl (C=O) groups is 2. The third-order valence-corrected chi connectivity index (χ3v) is 4.62. The number of hydrogen-bond acceptors (Lipinski definition) is 6. The Bertz CT molecular complexity index is 660. The number of aromatic nitrogens is 1. The maximum absolute atomic E-state index is 12.4. The van der Waals surface area contributed by atoms with Crippen LogP contribution in [-0.2, 0) is 9.47 Å². The molecule has 26 heavy (non-hydrogen) atoms. The molecule has 8 heteroatoms. The Labute approximate surface area is 159 Å². The Morgan fingerprint density at radius 2 is 1.81 bits per heavy atom. The molecule has 1 aromatic heterocycles. The summed E-state index contributed by atoms with van der Waals surface area (Å²) in [6.07, 6.45) is 0.959. The molecular formula is C18H29N3O4S. The van der Waals surface area contributed by atoms with Crippen LogP contribution < -0.4 is 4.90 Å². The molecule has 1 aliphatic rings. The lowest BCUT2D eigenvalue weighted by molar-refractivity contribution is 0.0221. The van der Waals surface area contributed by atoms with Crippen molar-refractivity contribution in [3.63, 3.8) is 0 Å². The first-order valence-electron chi connectivity index (χ1n) is 8.79. The topological polar surface area (TPSA) is 72.0 Å². The van der Waals surface area contributed by atoms with Crippen LogP contribution in [0.2, 0.25) is 0 Å². The van der Waals surface area contributed by atoms with Crippen LogP contribution in [0.5, 0.6) is 0 Å². The highest BCUT2D eigenvalue weighted by Gasteiger charge is 2.35. The third-order valence-electron chi connectivity index (χ3n) is 3.69. The first kappa shape index (κ1) is 20.5. The minimum Gasteiger partial charge on any atom is -0.444 e. The molecule has 0 spiro atoms. The van der Waals surface area contributed by atoms with E-state index in [1.807, 2.05) is 46.9 Å². The molecule has 0 aromatic carbocycles. The van der Waals surface area contributed by atoms with Gasteiger partial charge >= 0.3 is 12.2 Å². The van der Waals surface area contributed by atoms with E-state index in [0.29, 0.717) is 11.7 Å². The van der Waals surface area contributed by atoms with Gasteiger partial charge in [0.2, 0.25) is 0 Å². The van der Waals surface area contributed by atoms with Gasteiger partial charge in [0.25, 0.3) is 0 Å². The summed E-state index contributed by atoms with van der Waals surface area (Å²) in [4.78, 5) is 32.3. The molecule has 0 saturated carbocycles. The van der Waals surface area contributed by atoms with E-state index >= 15 is 0 Å². The van der Waals surface area contributed by atoms with Crippen molar-refractivity contribution in [3.8, 4) is 0 Å². The Balaban J connectivity index is 2.10. The molecule has 7 nitrogen and oxygen atoms in total. The first-order valence-corrected chi connectivity index (χ1v) is 9.67. The van der Waals surface area contributed by atoms with Gasteiger partial charge in [0.05, 0.1) is 11.7 Å². The smallest absolute Gasteiger partial charge is 0.416 e. The van der Waals surface area contributed by atoms with E-state index in [-0.39, 0.29) is 12.1 Å². The highest BCUT2D eigenvalue weighted by atomic mass is 32.1. The third kappa shape index (κ3) is 5.33. The molecule has 0 aliphatic carbocycles. The molecule has 1 saturated heterocycles. The average molecular weight is 384 g/mol. The molecular weight excluding hydrogens is 354 g/mol. The zero-order valence-corrected chi connectivity index (χ0v) is 17.5. The second-order valence-electron chi connectivity index (χ2n) is 8.43. The zero-order chi connectivity index (χ0) is 19.7. The summed E-state index contributed by atoms with van der Waals surface area (Å²) in [5, 5.41) is 2.44. The van der Waals surface area contributed by atoms with Gasteiger partial charge in [0.1, 0.15) is 11.2 Å². The molecule has 0 radical (unpaired) electrons. The Morgan fingerprint density at radius 1 is 1.19 bits per heavy atom. The van der Waals surface area contributed by atoms with Gasteiger partial charge < -0.3 is 9.47 Å². The van der Waals surface area contributed by atoms with Gasteiger partial charge in [-0.1, -0.05) is 0 Å². The van der Waals surface area contributed by atoms with Crippen LogP contribution in [0, 0.1) is 0 Å². The minimum atomic E-state index is -0.565. The molecule has 146 valence electrons. The molecule has 0 bridgehead atoms. The van der Waals surface area contributed by atoms with Crippen molar-refractivity contribution >= 4 is 28.7 Å². The Kier molecular flexibility index (Phi) is 5.85. The number of thiazole rings is 1. The summed E-state index contributed by atoms with van der Waals surface area (Å²) in [5.41, 5.74) is -0.317. The Morgan fingerprint density at radius 3 is 2.38 bits per heavy atom. The number of anilines is 1. The summed E-state index contributed by atoms with van der Waals surface area (Å²) in [6.45, 7) is 11.7. The van der Waals surface area contributed by atoms with E-state index in [2.05, 4.69) is 4.98 Å². The minimum absolute atomic E-state index is 0.123. The number of likely N-dealkylation sites (tertiary alicyclic amines) is 1. The van der Waals surface area contributed by atoms with Gasteiger partial charge in [-0.05, 0) is 54.4 Å². The summed E-state index contributed by atoms with van der Waals surface area (Å²) in [6, 6.07) is -0.123. The molecule has 2 amide bonds. The lowest BCUT2D eigenvalue weighted by Crippen LogP contribution is -2.36. The number of hydrogen-bond donors (Lipinski definition) is 0. The SMILES string of the molecule is CN(C(=O)OC(C)(C)C)c1nc([C@H]2CCCN2C(=O)OC(C)(C)C)cs1. The predicted molar refractivity (Wildman–Crippen MR) is 102 cm³/mol. The van der Waals surface area contributed by atoms with Gasteiger partial charge in [0.15, 0.2) is 5.13 Å². The molecule has 2 rings (SSSR count). The van der Waals surface area contributed by atoms with Crippen LogP contribution in [0.3, 0.4) is 0 Å². The zero-order valence-electron chi connectivity index (χ0n) is 16.7. The molecule has 1 aromatic rings.